The molecule has 4 nitrogen and oxygen atoms in total. The number of hydrogen-bond acceptors (Lipinski definition) is 3. The molecule has 0 atom stereocenters. The summed E-state index contributed by atoms with van der Waals surface area (Å²) in [5.41, 5.74) is 1.85. The molecular formula is C15H22BrN3O. The van der Waals surface area contributed by atoms with Crippen molar-refractivity contribution in [1.82, 2.24) is 15.1 Å². The van der Waals surface area contributed by atoms with Gasteiger partial charge in [-0.1, -0.05) is 6.07 Å². The number of halogens is 1. The van der Waals surface area contributed by atoms with Crippen molar-refractivity contribution in [3.8, 4) is 0 Å². The van der Waals surface area contributed by atoms with Crippen molar-refractivity contribution in [1.29, 1.82) is 0 Å². The van der Waals surface area contributed by atoms with E-state index in [1.807, 2.05) is 25.1 Å². The number of likely N-dealkylation sites (N-methyl/N-ethyl adjacent to an activating group) is 1. The average molecular weight is 340 g/mol. The van der Waals surface area contributed by atoms with Gasteiger partial charge in [-0.05, 0) is 47.6 Å². The van der Waals surface area contributed by atoms with Gasteiger partial charge in [-0.25, -0.2) is 0 Å². The molecule has 20 heavy (non-hydrogen) atoms. The Hall–Kier alpha value is -0.910. The van der Waals surface area contributed by atoms with Crippen LogP contribution >= 0.6 is 15.9 Å². The molecule has 0 aliphatic carbocycles. The lowest BCUT2D eigenvalue weighted by Gasteiger charge is -2.32. The second-order valence-corrected chi connectivity index (χ2v) is 6.24. The van der Waals surface area contributed by atoms with Crippen molar-refractivity contribution in [2.24, 2.45) is 0 Å². The van der Waals surface area contributed by atoms with Crippen molar-refractivity contribution < 1.29 is 4.79 Å². The Kier molecular flexibility index (Phi) is 5.57. The first-order chi connectivity index (χ1) is 9.56. The fraction of sp³-hybridized carbons (Fsp3) is 0.533. The molecule has 1 heterocycles. The third-order valence-electron chi connectivity index (χ3n) is 3.68. The quantitative estimate of drug-likeness (QED) is 0.907. The number of piperazine rings is 1. The Balaban J connectivity index is 1.77. The van der Waals surface area contributed by atoms with Crippen LogP contribution in [0.4, 0.5) is 0 Å². The first-order valence-corrected chi connectivity index (χ1v) is 7.81. The van der Waals surface area contributed by atoms with Gasteiger partial charge < -0.3 is 10.2 Å². The van der Waals surface area contributed by atoms with Crippen molar-refractivity contribution in [2.45, 2.75) is 6.92 Å². The van der Waals surface area contributed by atoms with Crippen molar-refractivity contribution in [3.05, 3.63) is 33.8 Å². The van der Waals surface area contributed by atoms with E-state index in [0.717, 1.165) is 42.8 Å². The minimum atomic E-state index is -0.00833. The zero-order chi connectivity index (χ0) is 14.5. The van der Waals surface area contributed by atoms with Crippen LogP contribution in [0.25, 0.3) is 0 Å². The molecule has 1 saturated heterocycles. The predicted molar refractivity (Wildman–Crippen MR) is 85.1 cm³/mol. The van der Waals surface area contributed by atoms with Crippen LogP contribution in [-0.2, 0) is 0 Å². The highest BCUT2D eigenvalue weighted by Gasteiger charge is 2.14. The summed E-state index contributed by atoms with van der Waals surface area (Å²) in [7, 11) is 2.15. The van der Waals surface area contributed by atoms with Gasteiger partial charge in [0.15, 0.2) is 0 Å². The largest absolute Gasteiger partial charge is 0.351 e. The van der Waals surface area contributed by atoms with Gasteiger partial charge in [-0.15, -0.1) is 0 Å². The second-order valence-electron chi connectivity index (χ2n) is 5.38. The number of nitrogens with zero attached hydrogens (tertiary/aromatic N) is 2. The molecule has 0 radical (unpaired) electrons. The smallest absolute Gasteiger partial charge is 0.252 e. The summed E-state index contributed by atoms with van der Waals surface area (Å²) < 4.78 is 0.856. The number of carbonyl (C=O) groups is 1. The lowest BCUT2D eigenvalue weighted by Crippen LogP contribution is -2.46. The highest BCUT2D eigenvalue weighted by molar-refractivity contribution is 9.10. The third kappa shape index (κ3) is 4.30. The zero-order valence-corrected chi connectivity index (χ0v) is 13.7. The molecule has 5 heteroatoms. The summed E-state index contributed by atoms with van der Waals surface area (Å²) >= 11 is 3.45. The maximum atomic E-state index is 12.1. The van der Waals surface area contributed by atoms with Crippen molar-refractivity contribution in [2.75, 3.05) is 46.3 Å². The normalized spacial score (nSPS) is 17.1. The van der Waals surface area contributed by atoms with Gasteiger partial charge in [0.05, 0.1) is 5.56 Å². The fourth-order valence-corrected chi connectivity index (χ4v) is 2.97. The van der Waals surface area contributed by atoms with Crippen LogP contribution in [0.1, 0.15) is 15.9 Å². The Labute approximate surface area is 129 Å². The zero-order valence-electron chi connectivity index (χ0n) is 12.2. The van der Waals surface area contributed by atoms with Crippen LogP contribution in [0.15, 0.2) is 22.7 Å². The number of benzene rings is 1. The highest BCUT2D eigenvalue weighted by atomic mass is 79.9. The second kappa shape index (κ2) is 7.20. The van der Waals surface area contributed by atoms with Gasteiger partial charge in [-0.3, -0.25) is 9.69 Å². The number of rotatable bonds is 4. The van der Waals surface area contributed by atoms with Gasteiger partial charge in [0, 0.05) is 43.7 Å². The number of hydrogen-bond donors (Lipinski definition) is 1. The SMILES string of the molecule is Cc1ccc(C(=O)NCCN2CCN(C)CC2)c(Br)c1. The summed E-state index contributed by atoms with van der Waals surface area (Å²) in [6.07, 6.45) is 0. The molecule has 1 N–H and O–H groups in total. The molecule has 0 spiro atoms. The molecule has 1 aromatic rings. The highest BCUT2D eigenvalue weighted by Crippen LogP contribution is 2.18. The molecule has 0 saturated carbocycles. The molecule has 1 fully saturated rings. The molecule has 1 aliphatic rings. The maximum absolute atomic E-state index is 12.1. The van der Waals surface area contributed by atoms with Crippen LogP contribution in [0.3, 0.4) is 0 Å². The molecule has 1 aliphatic heterocycles. The van der Waals surface area contributed by atoms with Gasteiger partial charge in [0.2, 0.25) is 0 Å². The molecule has 0 bridgehead atoms. The van der Waals surface area contributed by atoms with Crippen LogP contribution in [0.5, 0.6) is 0 Å². The van der Waals surface area contributed by atoms with E-state index in [0.29, 0.717) is 12.1 Å². The Bertz CT molecular complexity index is 470. The van der Waals surface area contributed by atoms with E-state index < -0.39 is 0 Å². The minimum Gasteiger partial charge on any atom is -0.351 e. The lowest BCUT2D eigenvalue weighted by molar-refractivity contribution is 0.0940. The average Bonchev–Trinajstić information content (AvgIpc) is 2.41. The van der Waals surface area contributed by atoms with Crippen LogP contribution < -0.4 is 5.32 Å². The summed E-state index contributed by atoms with van der Waals surface area (Å²) in [4.78, 5) is 16.8. The van der Waals surface area contributed by atoms with E-state index in [9.17, 15) is 4.79 Å². The van der Waals surface area contributed by atoms with Gasteiger partial charge in [0.1, 0.15) is 0 Å². The number of carbonyl (C=O) groups excluding carboxylic acids is 1. The summed E-state index contributed by atoms with van der Waals surface area (Å²) in [5.74, 6) is -0.00833. The van der Waals surface area contributed by atoms with E-state index in [2.05, 4.69) is 38.1 Å². The molecule has 0 unspecified atom stereocenters. The van der Waals surface area contributed by atoms with E-state index in [-0.39, 0.29) is 5.91 Å². The third-order valence-corrected chi connectivity index (χ3v) is 4.33. The van der Waals surface area contributed by atoms with Crippen LogP contribution in [0.2, 0.25) is 0 Å². The number of aryl methyl sites for hydroxylation is 1. The van der Waals surface area contributed by atoms with Gasteiger partial charge >= 0.3 is 0 Å². The Morgan fingerprint density at radius 3 is 2.65 bits per heavy atom. The summed E-state index contributed by atoms with van der Waals surface area (Å²) in [6, 6.07) is 5.79. The fourth-order valence-electron chi connectivity index (χ4n) is 2.30. The van der Waals surface area contributed by atoms with Gasteiger partial charge in [-0.2, -0.15) is 0 Å². The van der Waals surface area contributed by atoms with E-state index in [1.54, 1.807) is 0 Å². The monoisotopic (exact) mass is 339 g/mol. The van der Waals surface area contributed by atoms with E-state index in [4.69, 9.17) is 0 Å². The molecule has 1 amide bonds. The molecular weight excluding hydrogens is 318 g/mol. The number of nitrogens with one attached hydrogen (secondary N) is 1. The van der Waals surface area contributed by atoms with Crippen molar-refractivity contribution >= 4 is 21.8 Å². The molecule has 0 aromatic heterocycles. The Morgan fingerprint density at radius 2 is 2.00 bits per heavy atom. The van der Waals surface area contributed by atoms with Crippen LogP contribution in [0, 0.1) is 6.92 Å². The van der Waals surface area contributed by atoms with E-state index >= 15 is 0 Å². The summed E-state index contributed by atoms with van der Waals surface area (Å²) in [5, 5.41) is 2.99. The lowest BCUT2D eigenvalue weighted by atomic mass is 10.1. The molecule has 110 valence electrons. The van der Waals surface area contributed by atoms with Crippen molar-refractivity contribution in [3.63, 3.8) is 0 Å². The van der Waals surface area contributed by atoms with Gasteiger partial charge in [0.25, 0.3) is 5.91 Å². The first kappa shape index (κ1) is 15.5. The maximum Gasteiger partial charge on any atom is 0.252 e. The molecule has 1 aromatic carbocycles. The first-order valence-electron chi connectivity index (χ1n) is 7.01. The van der Waals surface area contributed by atoms with Crippen LogP contribution in [-0.4, -0.2) is 62.0 Å². The topological polar surface area (TPSA) is 35.6 Å². The number of amides is 1. The standard InChI is InChI=1S/C15H22BrN3O/c1-12-3-4-13(14(16)11-12)15(20)17-5-6-19-9-7-18(2)8-10-19/h3-4,11H,5-10H2,1-2H3,(H,17,20). The minimum absolute atomic E-state index is 0.00833. The molecule has 2 rings (SSSR count). The predicted octanol–water partition coefficient (Wildman–Crippen LogP) is 1.73. The summed E-state index contributed by atoms with van der Waals surface area (Å²) in [6.45, 7) is 8.02. The Morgan fingerprint density at radius 1 is 1.30 bits per heavy atom. The van der Waals surface area contributed by atoms with E-state index in [1.165, 1.54) is 0 Å².